The highest BCUT2D eigenvalue weighted by Gasteiger charge is 2.35. The average molecular weight is 215 g/mol. The van der Waals surface area contributed by atoms with Gasteiger partial charge in [0.15, 0.2) is 0 Å². The van der Waals surface area contributed by atoms with Gasteiger partial charge in [0.1, 0.15) is 5.54 Å². The molecule has 1 rings (SSSR count). The second kappa shape index (κ2) is 4.94. The van der Waals surface area contributed by atoms with E-state index in [1.807, 2.05) is 13.8 Å². The fourth-order valence-corrected chi connectivity index (χ4v) is 1.62. The Morgan fingerprint density at radius 3 is 2.53 bits per heavy atom. The lowest BCUT2D eigenvalue weighted by molar-refractivity contribution is -0.149. The Morgan fingerprint density at radius 2 is 2.20 bits per heavy atom. The third-order valence-corrected chi connectivity index (χ3v) is 2.74. The maximum Gasteiger partial charge on any atom is 0.326 e. The van der Waals surface area contributed by atoms with Gasteiger partial charge in [-0.05, 0) is 40.0 Å². The fourth-order valence-electron chi connectivity index (χ4n) is 1.62. The molecule has 4 nitrogen and oxygen atoms in total. The van der Waals surface area contributed by atoms with Gasteiger partial charge in [0.25, 0.3) is 0 Å². The molecule has 88 valence electrons. The molecular formula is C11H21NO3. The summed E-state index contributed by atoms with van der Waals surface area (Å²) in [6.07, 6.45) is 3.61. The second-order valence-corrected chi connectivity index (χ2v) is 4.80. The number of carboxylic acids is 1. The van der Waals surface area contributed by atoms with E-state index in [9.17, 15) is 4.79 Å². The molecular weight excluding hydrogens is 194 g/mol. The number of hydrogen-bond donors (Lipinski definition) is 2. The van der Waals surface area contributed by atoms with Crippen LogP contribution in [0.3, 0.4) is 0 Å². The molecule has 0 amide bonds. The van der Waals surface area contributed by atoms with E-state index in [0.717, 1.165) is 12.8 Å². The smallest absolute Gasteiger partial charge is 0.326 e. The van der Waals surface area contributed by atoms with Crippen molar-refractivity contribution < 1.29 is 14.6 Å². The van der Waals surface area contributed by atoms with Crippen LogP contribution in [-0.4, -0.2) is 35.4 Å². The molecule has 0 heterocycles. The van der Waals surface area contributed by atoms with Crippen LogP contribution >= 0.6 is 0 Å². The highest BCUT2D eigenvalue weighted by atomic mass is 16.5. The van der Waals surface area contributed by atoms with E-state index in [0.29, 0.717) is 0 Å². The van der Waals surface area contributed by atoms with Crippen LogP contribution in [0.15, 0.2) is 0 Å². The Labute approximate surface area is 91.0 Å². The predicted octanol–water partition coefficient (Wildman–Crippen LogP) is 1.40. The number of aliphatic carboxylic acids is 1. The molecule has 1 unspecified atom stereocenters. The summed E-state index contributed by atoms with van der Waals surface area (Å²) < 4.78 is 5.56. The summed E-state index contributed by atoms with van der Waals surface area (Å²) in [5, 5.41) is 12.2. The molecule has 0 saturated heterocycles. The Bertz CT molecular complexity index is 226. The zero-order valence-electron chi connectivity index (χ0n) is 9.75. The van der Waals surface area contributed by atoms with E-state index in [2.05, 4.69) is 5.32 Å². The Hall–Kier alpha value is -0.610. The van der Waals surface area contributed by atoms with Gasteiger partial charge in [0.2, 0.25) is 0 Å². The molecule has 0 aromatic carbocycles. The molecule has 1 aliphatic rings. The van der Waals surface area contributed by atoms with E-state index >= 15 is 0 Å². The molecule has 2 N–H and O–H groups in total. The highest BCUT2D eigenvalue weighted by Crippen LogP contribution is 2.23. The van der Waals surface area contributed by atoms with Gasteiger partial charge in [-0.15, -0.1) is 0 Å². The van der Waals surface area contributed by atoms with Gasteiger partial charge in [-0.2, -0.15) is 0 Å². The molecule has 4 heteroatoms. The first-order chi connectivity index (χ1) is 6.94. The van der Waals surface area contributed by atoms with Crippen LogP contribution in [0.25, 0.3) is 0 Å². The number of rotatable bonds is 6. The van der Waals surface area contributed by atoms with E-state index in [1.54, 1.807) is 6.92 Å². The molecule has 0 spiro atoms. The molecule has 1 aliphatic carbocycles. The van der Waals surface area contributed by atoms with Crippen LogP contribution in [0.5, 0.6) is 0 Å². The van der Waals surface area contributed by atoms with Crippen LogP contribution < -0.4 is 5.32 Å². The molecule has 1 fully saturated rings. The first kappa shape index (κ1) is 12.5. The van der Waals surface area contributed by atoms with Crippen molar-refractivity contribution in [1.29, 1.82) is 0 Å². The number of carbonyl (C=O) groups is 1. The Kier molecular flexibility index (Phi) is 4.11. The van der Waals surface area contributed by atoms with Gasteiger partial charge in [0.05, 0.1) is 12.7 Å². The van der Waals surface area contributed by atoms with Crippen LogP contribution in [0.2, 0.25) is 0 Å². The monoisotopic (exact) mass is 215 g/mol. The maximum atomic E-state index is 11.1. The summed E-state index contributed by atoms with van der Waals surface area (Å²) in [6, 6.07) is 0.135. The zero-order valence-corrected chi connectivity index (χ0v) is 9.75. The average Bonchev–Trinajstić information content (AvgIpc) is 1.99. The first-order valence-corrected chi connectivity index (χ1v) is 5.57. The highest BCUT2D eigenvalue weighted by molar-refractivity contribution is 5.78. The molecule has 0 aliphatic heterocycles. The lowest BCUT2D eigenvalue weighted by Crippen LogP contribution is -2.56. The minimum atomic E-state index is -0.968. The topological polar surface area (TPSA) is 58.6 Å². The molecule has 0 aromatic rings. The summed E-state index contributed by atoms with van der Waals surface area (Å²) >= 11 is 0. The van der Waals surface area contributed by atoms with Gasteiger partial charge >= 0.3 is 5.97 Å². The molecule has 0 radical (unpaired) electrons. The number of nitrogens with one attached hydrogen (secondary N) is 1. The predicted molar refractivity (Wildman–Crippen MR) is 57.9 cm³/mol. The van der Waals surface area contributed by atoms with Gasteiger partial charge in [-0.3, -0.25) is 10.1 Å². The van der Waals surface area contributed by atoms with Gasteiger partial charge < -0.3 is 9.84 Å². The third kappa shape index (κ3) is 3.47. The molecule has 1 atom stereocenters. The Morgan fingerprint density at radius 1 is 1.60 bits per heavy atom. The van der Waals surface area contributed by atoms with Crippen molar-refractivity contribution in [3.05, 3.63) is 0 Å². The largest absolute Gasteiger partial charge is 0.480 e. The van der Waals surface area contributed by atoms with Gasteiger partial charge in [0, 0.05) is 6.04 Å². The second-order valence-electron chi connectivity index (χ2n) is 4.80. The first-order valence-electron chi connectivity index (χ1n) is 5.57. The summed E-state index contributed by atoms with van der Waals surface area (Å²) in [4.78, 5) is 11.1. The number of ether oxygens (including phenoxy) is 1. The van der Waals surface area contributed by atoms with Crippen LogP contribution in [0, 0.1) is 0 Å². The molecule has 0 aromatic heterocycles. The summed E-state index contributed by atoms with van der Waals surface area (Å²) in [5.41, 5.74) is -0.968. The van der Waals surface area contributed by atoms with E-state index in [4.69, 9.17) is 9.84 Å². The standard InChI is InChI=1S/C11H21NO3/c1-8(2)12-11(3,10(13)14)7-15-9-5-4-6-9/h8-9,12H,4-7H2,1-3H3,(H,13,14). The zero-order chi connectivity index (χ0) is 11.5. The van der Waals surface area contributed by atoms with Crippen molar-refractivity contribution in [2.75, 3.05) is 6.61 Å². The lowest BCUT2D eigenvalue weighted by Gasteiger charge is -2.33. The molecule has 0 bridgehead atoms. The minimum absolute atomic E-state index is 0.135. The van der Waals surface area contributed by atoms with Crippen LogP contribution in [0.4, 0.5) is 0 Å². The molecule has 1 saturated carbocycles. The molecule has 15 heavy (non-hydrogen) atoms. The SMILES string of the molecule is CC(C)NC(C)(COC1CCC1)C(=O)O. The normalized spacial score (nSPS) is 21.1. The fraction of sp³-hybridized carbons (Fsp3) is 0.909. The van der Waals surface area contributed by atoms with Crippen molar-refractivity contribution in [2.45, 2.75) is 57.7 Å². The lowest BCUT2D eigenvalue weighted by atomic mass is 9.95. The van der Waals surface area contributed by atoms with Gasteiger partial charge in [-0.25, -0.2) is 0 Å². The van der Waals surface area contributed by atoms with Crippen molar-refractivity contribution in [2.24, 2.45) is 0 Å². The quantitative estimate of drug-likeness (QED) is 0.703. The maximum absolute atomic E-state index is 11.1. The summed E-state index contributed by atoms with van der Waals surface area (Å²) in [5.74, 6) is -0.851. The number of hydrogen-bond acceptors (Lipinski definition) is 3. The van der Waals surface area contributed by atoms with Crippen LogP contribution in [0.1, 0.15) is 40.0 Å². The summed E-state index contributed by atoms with van der Waals surface area (Å²) in [6.45, 7) is 5.79. The van der Waals surface area contributed by atoms with E-state index in [-0.39, 0.29) is 18.8 Å². The van der Waals surface area contributed by atoms with Crippen molar-refractivity contribution in [1.82, 2.24) is 5.32 Å². The van der Waals surface area contributed by atoms with Crippen molar-refractivity contribution >= 4 is 5.97 Å². The Balaban J connectivity index is 2.43. The minimum Gasteiger partial charge on any atom is -0.480 e. The van der Waals surface area contributed by atoms with Crippen molar-refractivity contribution in [3.8, 4) is 0 Å². The van der Waals surface area contributed by atoms with E-state index < -0.39 is 11.5 Å². The van der Waals surface area contributed by atoms with Gasteiger partial charge in [-0.1, -0.05) is 0 Å². The van der Waals surface area contributed by atoms with Crippen LogP contribution in [-0.2, 0) is 9.53 Å². The van der Waals surface area contributed by atoms with Crippen molar-refractivity contribution in [3.63, 3.8) is 0 Å². The number of carboxylic acid groups (broad SMARTS) is 1. The summed E-state index contributed by atoms with van der Waals surface area (Å²) in [7, 11) is 0. The van der Waals surface area contributed by atoms with E-state index in [1.165, 1.54) is 6.42 Å². The third-order valence-electron chi connectivity index (χ3n) is 2.74.